The van der Waals surface area contributed by atoms with Crippen LogP contribution in [0.25, 0.3) is 32.3 Å². The largest absolute Gasteiger partial charge is 0.507 e. The van der Waals surface area contributed by atoms with Crippen LogP contribution in [0, 0.1) is 6.92 Å². The molecule has 8 aromatic rings. The summed E-state index contributed by atoms with van der Waals surface area (Å²) in [7, 11) is 0. The molecule has 0 heterocycles. The summed E-state index contributed by atoms with van der Waals surface area (Å²) >= 11 is 1.69. The Kier molecular flexibility index (Phi) is 9.24. The van der Waals surface area contributed by atoms with E-state index in [4.69, 9.17) is 0 Å². The van der Waals surface area contributed by atoms with E-state index < -0.39 is 10.8 Å². The van der Waals surface area contributed by atoms with Crippen LogP contribution in [-0.2, 0) is 17.3 Å². The molecule has 0 amide bonds. The molecule has 8 aromatic carbocycles. The highest BCUT2D eigenvalue weighted by Crippen LogP contribution is 2.51. The first kappa shape index (κ1) is 35.5. The van der Waals surface area contributed by atoms with E-state index in [0.29, 0.717) is 17.9 Å². The Labute approximate surface area is 323 Å². The van der Waals surface area contributed by atoms with Gasteiger partial charge in [-0.05, 0) is 111 Å². The minimum atomic E-state index is -0.711. The van der Waals surface area contributed by atoms with E-state index in [9.17, 15) is 10.2 Å². The maximum absolute atomic E-state index is 12.2. The number of rotatable bonds is 9. The van der Waals surface area contributed by atoms with Gasteiger partial charge < -0.3 is 10.2 Å². The molecular weight excluding hydrogens is 677 g/mol. The third kappa shape index (κ3) is 5.83. The van der Waals surface area contributed by atoms with Crippen LogP contribution in [0.1, 0.15) is 73.1 Å². The van der Waals surface area contributed by atoms with Gasteiger partial charge >= 0.3 is 0 Å². The zero-order valence-corrected chi connectivity index (χ0v) is 32.5. The van der Waals surface area contributed by atoms with Crippen LogP contribution in [0.4, 0.5) is 0 Å². The van der Waals surface area contributed by atoms with E-state index >= 15 is 0 Å². The summed E-state index contributed by atoms with van der Waals surface area (Å²) in [5.41, 5.74) is 5.92. The fourth-order valence-electron chi connectivity index (χ4n) is 8.73. The maximum Gasteiger partial charge on any atom is 0.122 e. The number of hydrogen-bond acceptors (Lipinski definition) is 3. The van der Waals surface area contributed by atoms with Gasteiger partial charge in [0.25, 0.3) is 0 Å². The summed E-state index contributed by atoms with van der Waals surface area (Å²) in [5.74, 6) is 0.680. The molecule has 0 spiro atoms. The third-order valence-electron chi connectivity index (χ3n) is 11.9. The van der Waals surface area contributed by atoms with Gasteiger partial charge in [-0.2, -0.15) is 0 Å². The SMILES string of the molecule is CCc1cc(Sc2cc(C)c(O)c(C(C)(c3cccc4ccccc34)c3cccc4ccccc34)c2)cc(C(C)(CC)c2cccc3ccccc23)c1O. The highest BCUT2D eigenvalue weighted by atomic mass is 32.2. The molecule has 268 valence electrons. The number of phenolic OH excluding ortho intramolecular Hbond substituents is 2. The molecule has 0 aromatic heterocycles. The fraction of sp³-hybridized carbons (Fsp3) is 0.176. The van der Waals surface area contributed by atoms with E-state index in [-0.39, 0.29) is 0 Å². The quantitative estimate of drug-likeness (QED) is 0.146. The van der Waals surface area contributed by atoms with Crippen LogP contribution >= 0.6 is 11.8 Å². The van der Waals surface area contributed by atoms with Gasteiger partial charge in [0.1, 0.15) is 11.5 Å². The van der Waals surface area contributed by atoms with Crippen LogP contribution in [0.15, 0.2) is 161 Å². The Hall–Kier alpha value is -5.51. The molecule has 0 aliphatic heterocycles. The van der Waals surface area contributed by atoms with Gasteiger partial charge in [0.05, 0.1) is 0 Å². The average Bonchev–Trinajstić information content (AvgIpc) is 3.21. The summed E-state index contributed by atoms with van der Waals surface area (Å²) in [5, 5.41) is 31.1. The topological polar surface area (TPSA) is 40.5 Å². The molecule has 0 saturated carbocycles. The van der Waals surface area contributed by atoms with Crippen LogP contribution in [-0.4, -0.2) is 10.2 Å². The summed E-state index contributed by atoms with van der Waals surface area (Å²) in [4.78, 5) is 2.10. The molecule has 54 heavy (non-hydrogen) atoms. The minimum Gasteiger partial charge on any atom is -0.507 e. The average molecular weight is 723 g/mol. The van der Waals surface area contributed by atoms with E-state index in [1.807, 2.05) is 6.92 Å². The van der Waals surface area contributed by atoms with Crippen LogP contribution in [0.5, 0.6) is 11.5 Å². The summed E-state index contributed by atoms with van der Waals surface area (Å²) in [6.45, 7) is 10.9. The van der Waals surface area contributed by atoms with Crippen LogP contribution in [0.2, 0.25) is 0 Å². The van der Waals surface area contributed by atoms with E-state index in [1.54, 1.807) is 11.8 Å². The summed E-state index contributed by atoms with van der Waals surface area (Å²) < 4.78 is 0. The highest BCUT2D eigenvalue weighted by molar-refractivity contribution is 7.99. The number of phenols is 2. The molecule has 0 fully saturated rings. The molecule has 0 bridgehead atoms. The van der Waals surface area contributed by atoms with Crippen LogP contribution < -0.4 is 0 Å². The Morgan fingerprint density at radius 3 is 1.44 bits per heavy atom. The first-order valence-corrected chi connectivity index (χ1v) is 19.8. The van der Waals surface area contributed by atoms with Crippen molar-refractivity contribution in [3.8, 4) is 11.5 Å². The first-order chi connectivity index (χ1) is 26.2. The second-order valence-corrected chi connectivity index (χ2v) is 16.1. The van der Waals surface area contributed by atoms with Crippen molar-refractivity contribution in [1.82, 2.24) is 0 Å². The molecule has 1 atom stereocenters. The molecule has 2 nitrogen and oxygen atoms in total. The predicted molar refractivity (Wildman–Crippen MR) is 229 cm³/mol. The lowest BCUT2D eigenvalue weighted by atomic mass is 9.68. The lowest BCUT2D eigenvalue weighted by molar-refractivity contribution is 0.435. The van der Waals surface area contributed by atoms with E-state index in [1.165, 1.54) is 16.3 Å². The van der Waals surface area contributed by atoms with Gasteiger partial charge in [0.2, 0.25) is 0 Å². The van der Waals surface area contributed by atoms with Gasteiger partial charge in [-0.15, -0.1) is 0 Å². The Morgan fingerprint density at radius 1 is 0.481 bits per heavy atom. The number of fused-ring (bicyclic) bond motifs is 3. The van der Waals surface area contributed by atoms with Gasteiger partial charge in [-0.1, -0.05) is 160 Å². The van der Waals surface area contributed by atoms with Crippen molar-refractivity contribution in [3.05, 3.63) is 191 Å². The molecular formula is C51H46O2S. The van der Waals surface area contributed by atoms with Gasteiger partial charge in [-0.25, -0.2) is 0 Å². The van der Waals surface area contributed by atoms with Crippen molar-refractivity contribution < 1.29 is 10.2 Å². The fourth-order valence-corrected chi connectivity index (χ4v) is 9.79. The molecule has 0 aliphatic carbocycles. The smallest absolute Gasteiger partial charge is 0.122 e. The number of benzene rings is 8. The van der Waals surface area contributed by atoms with Crippen molar-refractivity contribution >= 4 is 44.1 Å². The van der Waals surface area contributed by atoms with Crippen molar-refractivity contribution in [1.29, 1.82) is 0 Å². The predicted octanol–water partition coefficient (Wildman–Crippen LogP) is 13.6. The number of aromatic hydroxyl groups is 2. The normalized spacial score (nSPS) is 13.1. The van der Waals surface area contributed by atoms with Gasteiger partial charge in [0.15, 0.2) is 0 Å². The molecule has 2 N–H and O–H groups in total. The Morgan fingerprint density at radius 2 is 0.926 bits per heavy atom. The number of hydrogen-bond donors (Lipinski definition) is 2. The zero-order valence-electron chi connectivity index (χ0n) is 31.7. The van der Waals surface area contributed by atoms with E-state index in [2.05, 4.69) is 179 Å². The molecule has 8 rings (SSSR count). The Balaban J connectivity index is 1.33. The van der Waals surface area contributed by atoms with Crippen molar-refractivity contribution in [2.45, 2.75) is 68.1 Å². The van der Waals surface area contributed by atoms with E-state index in [0.717, 1.165) is 71.1 Å². The first-order valence-electron chi connectivity index (χ1n) is 19.0. The molecule has 0 aliphatic rings. The van der Waals surface area contributed by atoms with Crippen molar-refractivity contribution in [2.75, 3.05) is 0 Å². The molecule has 0 saturated heterocycles. The van der Waals surface area contributed by atoms with Crippen molar-refractivity contribution in [3.63, 3.8) is 0 Å². The second kappa shape index (κ2) is 14.0. The lowest BCUT2D eigenvalue weighted by Crippen LogP contribution is -2.26. The zero-order chi connectivity index (χ0) is 37.6. The van der Waals surface area contributed by atoms with Gasteiger partial charge in [-0.3, -0.25) is 0 Å². The molecule has 0 radical (unpaired) electrons. The third-order valence-corrected chi connectivity index (χ3v) is 12.9. The Bertz CT molecular complexity index is 2600. The number of aryl methyl sites for hydroxylation is 2. The molecule has 1 unspecified atom stereocenters. The van der Waals surface area contributed by atoms with Crippen LogP contribution in [0.3, 0.4) is 0 Å². The molecule has 3 heteroatoms. The monoisotopic (exact) mass is 722 g/mol. The minimum absolute atomic E-state index is 0.304. The summed E-state index contributed by atoms with van der Waals surface area (Å²) in [6.07, 6.45) is 1.53. The van der Waals surface area contributed by atoms with Crippen molar-refractivity contribution in [2.24, 2.45) is 0 Å². The lowest BCUT2D eigenvalue weighted by Gasteiger charge is -2.35. The maximum atomic E-state index is 12.2. The second-order valence-electron chi connectivity index (χ2n) is 15.0. The summed E-state index contributed by atoms with van der Waals surface area (Å²) in [6, 6.07) is 53.8. The highest BCUT2D eigenvalue weighted by Gasteiger charge is 2.37. The van der Waals surface area contributed by atoms with Gasteiger partial charge in [0, 0.05) is 31.7 Å². The standard InChI is InChI=1S/C51H46O2S/c1-6-34-30-39(31-46(49(34)53)50(4,7-2)43-26-14-20-35-17-8-11-23-40(35)43)54-38-29-33(3)48(52)47(32-38)51(5,44-27-15-21-36-18-9-12-24-41(36)44)45-28-16-22-37-19-10-13-25-42(37)45/h8-32,52-53H,6-7H2,1-5H3.